The second kappa shape index (κ2) is 6.86. The zero-order chi connectivity index (χ0) is 17.1. The Morgan fingerprint density at radius 3 is 3.00 bits per heavy atom. The summed E-state index contributed by atoms with van der Waals surface area (Å²) in [4.78, 5) is 25.8. The van der Waals surface area contributed by atoms with Crippen LogP contribution in [0.3, 0.4) is 0 Å². The van der Waals surface area contributed by atoms with Crippen LogP contribution in [0.25, 0.3) is 0 Å². The number of nitrogens with one attached hydrogen (secondary N) is 1. The van der Waals surface area contributed by atoms with Crippen LogP contribution in [0.1, 0.15) is 29.6 Å². The van der Waals surface area contributed by atoms with Crippen LogP contribution in [0.5, 0.6) is 0 Å². The molecule has 24 heavy (non-hydrogen) atoms. The Hall–Kier alpha value is -2.64. The molecule has 1 aliphatic rings. The first kappa shape index (κ1) is 16.2. The molecule has 0 spiro atoms. The van der Waals surface area contributed by atoms with Gasteiger partial charge >= 0.3 is 0 Å². The van der Waals surface area contributed by atoms with E-state index < -0.39 is 0 Å². The maximum absolute atomic E-state index is 12.1. The Labute approximate surface area is 139 Å². The fraction of sp³-hybridized carbons (Fsp3) is 0.500. The molecule has 2 aromatic rings. The molecule has 0 unspecified atom stereocenters. The van der Waals surface area contributed by atoms with Gasteiger partial charge in [0.15, 0.2) is 0 Å². The van der Waals surface area contributed by atoms with E-state index in [9.17, 15) is 9.59 Å². The number of amides is 1. The minimum Gasteiger partial charge on any atom is -0.370 e. The minimum absolute atomic E-state index is 0.124. The number of hydrogen-bond acceptors (Lipinski definition) is 6. The van der Waals surface area contributed by atoms with E-state index in [2.05, 4.69) is 20.5 Å². The molecule has 1 N–H and O–H groups in total. The van der Waals surface area contributed by atoms with Gasteiger partial charge in [-0.2, -0.15) is 5.10 Å². The summed E-state index contributed by atoms with van der Waals surface area (Å²) in [6.07, 6.45) is 3.38. The van der Waals surface area contributed by atoms with Crippen LogP contribution in [0.15, 0.2) is 27.6 Å². The van der Waals surface area contributed by atoms with Gasteiger partial charge in [-0.25, -0.2) is 4.68 Å². The van der Waals surface area contributed by atoms with Crippen LogP contribution < -0.4 is 15.8 Å². The fourth-order valence-electron chi connectivity index (χ4n) is 2.78. The molecule has 3 heterocycles. The van der Waals surface area contributed by atoms with Gasteiger partial charge in [0.2, 0.25) is 5.76 Å². The van der Waals surface area contributed by atoms with Gasteiger partial charge in [-0.3, -0.25) is 9.59 Å². The lowest BCUT2D eigenvalue weighted by Crippen LogP contribution is -2.31. The summed E-state index contributed by atoms with van der Waals surface area (Å²) in [6, 6.07) is 3.26. The summed E-state index contributed by atoms with van der Waals surface area (Å²) in [7, 11) is 1.63. The van der Waals surface area contributed by atoms with E-state index >= 15 is 0 Å². The number of nitrogens with zero attached hydrogens (tertiary/aromatic N) is 4. The highest BCUT2D eigenvalue weighted by molar-refractivity contribution is 5.91. The normalized spacial score (nSPS) is 17.2. The van der Waals surface area contributed by atoms with E-state index in [1.807, 2.05) is 6.92 Å². The number of carbonyl (C=O) groups excluding carboxylic acids is 1. The smallest absolute Gasteiger partial charge is 0.289 e. The van der Waals surface area contributed by atoms with Crippen molar-refractivity contribution in [3.8, 4) is 0 Å². The van der Waals surface area contributed by atoms with Gasteiger partial charge in [-0.05, 0) is 18.8 Å². The van der Waals surface area contributed by atoms with Crippen LogP contribution in [-0.2, 0) is 13.5 Å². The molecule has 1 fully saturated rings. The SMILES string of the molecule is CCc1cc(C(=O)NC[C@H]2CCN(c3cnn(C)c(=O)c3)C2)on1. The number of carbonyl (C=O) groups is 1. The maximum atomic E-state index is 12.1. The molecule has 1 saturated heterocycles. The number of aryl methyl sites for hydroxylation is 2. The third-order valence-electron chi connectivity index (χ3n) is 4.30. The summed E-state index contributed by atoms with van der Waals surface area (Å²) in [5, 5.41) is 10.8. The molecule has 0 bridgehead atoms. The molecule has 8 nitrogen and oxygen atoms in total. The van der Waals surface area contributed by atoms with E-state index in [1.165, 1.54) is 4.68 Å². The highest BCUT2D eigenvalue weighted by Gasteiger charge is 2.24. The summed E-state index contributed by atoms with van der Waals surface area (Å²) < 4.78 is 6.33. The highest BCUT2D eigenvalue weighted by Crippen LogP contribution is 2.21. The van der Waals surface area contributed by atoms with Crippen LogP contribution in [0.4, 0.5) is 5.69 Å². The van der Waals surface area contributed by atoms with E-state index in [0.29, 0.717) is 12.5 Å². The van der Waals surface area contributed by atoms with Crippen molar-refractivity contribution in [2.75, 3.05) is 24.5 Å². The van der Waals surface area contributed by atoms with Crippen molar-refractivity contribution >= 4 is 11.6 Å². The lowest BCUT2D eigenvalue weighted by molar-refractivity contribution is 0.0911. The summed E-state index contributed by atoms with van der Waals surface area (Å²) >= 11 is 0. The van der Waals surface area contributed by atoms with Gasteiger partial charge in [0.1, 0.15) is 0 Å². The first-order valence-electron chi connectivity index (χ1n) is 8.09. The second-order valence-electron chi connectivity index (χ2n) is 6.02. The Kier molecular flexibility index (Phi) is 4.64. The zero-order valence-electron chi connectivity index (χ0n) is 13.9. The van der Waals surface area contributed by atoms with Gasteiger partial charge in [0.05, 0.1) is 17.6 Å². The van der Waals surface area contributed by atoms with Gasteiger partial charge in [-0.1, -0.05) is 12.1 Å². The molecule has 3 rings (SSSR count). The third-order valence-corrected chi connectivity index (χ3v) is 4.30. The van der Waals surface area contributed by atoms with Crippen molar-refractivity contribution in [3.63, 3.8) is 0 Å². The Morgan fingerprint density at radius 1 is 1.46 bits per heavy atom. The van der Waals surface area contributed by atoms with E-state index in [4.69, 9.17) is 4.52 Å². The zero-order valence-corrected chi connectivity index (χ0v) is 13.9. The van der Waals surface area contributed by atoms with Crippen LogP contribution in [0, 0.1) is 5.92 Å². The van der Waals surface area contributed by atoms with Gasteiger partial charge in [0.25, 0.3) is 11.5 Å². The first-order valence-corrected chi connectivity index (χ1v) is 8.09. The number of anilines is 1. The van der Waals surface area contributed by atoms with E-state index in [1.54, 1.807) is 25.4 Å². The van der Waals surface area contributed by atoms with Crippen LogP contribution in [-0.4, -0.2) is 40.5 Å². The molecule has 0 radical (unpaired) electrons. The van der Waals surface area contributed by atoms with Gasteiger partial charge in [-0.15, -0.1) is 0 Å². The molecule has 1 amide bonds. The molecular formula is C16H21N5O3. The van der Waals surface area contributed by atoms with Crippen molar-refractivity contribution < 1.29 is 9.32 Å². The molecule has 1 atom stereocenters. The Balaban J connectivity index is 1.53. The predicted octanol–water partition coefficient (Wildman–Crippen LogP) is 0.587. The average Bonchev–Trinajstić information content (AvgIpc) is 3.24. The lowest BCUT2D eigenvalue weighted by Gasteiger charge is -2.18. The predicted molar refractivity (Wildman–Crippen MR) is 88.0 cm³/mol. The molecule has 2 aromatic heterocycles. The molecule has 128 valence electrons. The van der Waals surface area contributed by atoms with Crippen molar-refractivity contribution in [1.82, 2.24) is 20.3 Å². The topological polar surface area (TPSA) is 93.3 Å². The summed E-state index contributed by atoms with van der Waals surface area (Å²) in [5.74, 6) is 0.333. The second-order valence-corrected chi connectivity index (χ2v) is 6.02. The molecule has 1 aliphatic heterocycles. The van der Waals surface area contributed by atoms with Crippen LogP contribution in [0.2, 0.25) is 0 Å². The Morgan fingerprint density at radius 2 is 2.29 bits per heavy atom. The third kappa shape index (κ3) is 3.47. The van der Waals surface area contributed by atoms with Crippen molar-refractivity contribution in [3.05, 3.63) is 40.1 Å². The molecule has 0 aromatic carbocycles. The maximum Gasteiger partial charge on any atom is 0.289 e. The van der Waals surface area contributed by atoms with Gasteiger partial charge in [0, 0.05) is 38.8 Å². The quantitative estimate of drug-likeness (QED) is 0.862. The summed E-state index contributed by atoms with van der Waals surface area (Å²) in [6.45, 7) is 4.15. The van der Waals surface area contributed by atoms with Crippen molar-refractivity contribution in [2.45, 2.75) is 19.8 Å². The minimum atomic E-state index is -0.240. The van der Waals surface area contributed by atoms with Crippen LogP contribution >= 0.6 is 0 Å². The number of aromatic nitrogens is 3. The average molecular weight is 331 g/mol. The van der Waals surface area contributed by atoms with E-state index in [0.717, 1.165) is 37.3 Å². The van der Waals surface area contributed by atoms with Crippen molar-refractivity contribution in [1.29, 1.82) is 0 Å². The first-order chi connectivity index (χ1) is 11.6. The fourth-order valence-corrected chi connectivity index (χ4v) is 2.78. The molecule has 0 aliphatic carbocycles. The monoisotopic (exact) mass is 331 g/mol. The Bertz CT molecular complexity index is 782. The van der Waals surface area contributed by atoms with Gasteiger partial charge < -0.3 is 14.7 Å². The largest absolute Gasteiger partial charge is 0.370 e. The standard InChI is InChI=1S/C16H21N5O3/c1-3-12-6-14(24-19-12)16(23)17-8-11-4-5-21(10-11)13-7-15(22)20(2)18-9-13/h6-7,9,11H,3-5,8,10H2,1-2H3,(H,17,23)/t11-/m1/s1. The highest BCUT2D eigenvalue weighted by atomic mass is 16.5. The number of rotatable bonds is 5. The molecule has 8 heteroatoms. The lowest BCUT2D eigenvalue weighted by atomic mass is 10.1. The van der Waals surface area contributed by atoms with E-state index in [-0.39, 0.29) is 17.2 Å². The molecule has 0 saturated carbocycles. The molecular weight excluding hydrogens is 310 g/mol. The summed E-state index contributed by atoms with van der Waals surface area (Å²) in [5.41, 5.74) is 1.47. The number of hydrogen-bond donors (Lipinski definition) is 1. The van der Waals surface area contributed by atoms with Crippen molar-refractivity contribution in [2.24, 2.45) is 13.0 Å².